The minimum absolute atomic E-state index is 0. The zero-order valence-corrected chi connectivity index (χ0v) is 10.3. The Morgan fingerprint density at radius 3 is 2.75 bits per heavy atom. The van der Waals surface area contributed by atoms with Gasteiger partial charge in [-0.05, 0) is 31.4 Å². The van der Waals surface area contributed by atoms with Gasteiger partial charge in [-0.2, -0.15) is 0 Å². The molecular formula is C13H20ClNO. The van der Waals surface area contributed by atoms with Crippen molar-refractivity contribution < 1.29 is 4.74 Å². The molecule has 1 unspecified atom stereocenters. The van der Waals surface area contributed by atoms with E-state index in [9.17, 15) is 0 Å². The second kappa shape index (κ2) is 7.66. The monoisotopic (exact) mass is 241 g/mol. The molecule has 3 heteroatoms. The molecule has 1 heterocycles. The Morgan fingerprint density at radius 1 is 1.25 bits per heavy atom. The van der Waals surface area contributed by atoms with Gasteiger partial charge in [0.2, 0.25) is 0 Å². The molecule has 1 aliphatic heterocycles. The number of hydrogen-bond acceptors (Lipinski definition) is 2. The fourth-order valence-electron chi connectivity index (χ4n) is 1.94. The van der Waals surface area contributed by atoms with Crippen molar-refractivity contribution in [3.8, 4) is 0 Å². The van der Waals surface area contributed by atoms with Gasteiger partial charge in [0, 0.05) is 13.2 Å². The summed E-state index contributed by atoms with van der Waals surface area (Å²) in [4.78, 5) is 0. The Labute approximate surface area is 104 Å². The molecule has 0 amide bonds. The van der Waals surface area contributed by atoms with Gasteiger partial charge in [-0.15, -0.1) is 12.4 Å². The van der Waals surface area contributed by atoms with Crippen LogP contribution in [0.1, 0.15) is 18.4 Å². The number of nitrogens with one attached hydrogen (secondary N) is 1. The van der Waals surface area contributed by atoms with Crippen LogP contribution in [0.25, 0.3) is 0 Å². The molecule has 1 saturated heterocycles. The molecule has 0 spiro atoms. The molecule has 0 aromatic heterocycles. The Morgan fingerprint density at radius 2 is 2.06 bits per heavy atom. The molecule has 2 nitrogen and oxygen atoms in total. The van der Waals surface area contributed by atoms with Gasteiger partial charge >= 0.3 is 0 Å². The fraction of sp³-hybridized carbons (Fsp3) is 0.538. The molecule has 2 rings (SSSR count). The standard InChI is InChI=1S/C13H19NO.ClH/c1-2-5-12(6-3-1)7-4-10-15-13-8-9-14-11-13;/h1-3,5-6,13-14H,4,7-11H2;1H. The van der Waals surface area contributed by atoms with Gasteiger partial charge < -0.3 is 10.1 Å². The highest BCUT2D eigenvalue weighted by molar-refractivity contribution is 5.85. The van der Waals surface area contributed by atoms with Gasteiger partial charge in [0.1, 0.15) is 0 Å². The highest BCUT2D eigenvalue weighted by Crippen LogP contribution is 2.06. The normalized spacial score (nSPS) is 19.4. The third-order valence-corrected chi connectivity index (χ3v) is 2.82. The van der Waals surface area contributed by atoms with Crippen molar-refractivity contribution in [1.29, 1.82) is 0 Å². The smallest absolute Gasteiger partial charge is 0.0711 e. The molecule has 1 atom stereocenters. The first-order valence-corrected chi connectivity index (χ1v) is 5.81. The molecule has 90 valence electrons. The summed E-state index contributed by atoms with van der Waals surface area (Å²) in [5.41, 5.74) is 1.41. The van der Waals surface area contributed by atoms with Crippen molar-refractivity contribution >= 4 is 12.4 Å². The second-order valence-corrected chi connectivity index (χ2v) is 4.07. The van der Waals surface area contributed by atoms with E-state index in [1.54, 1.807) is 0 Å². The van der Waals surface area contributed by atoms with Gasteiger partial charge in [0.15, 0.2) is 0 Å². The highest BCUT2D eigenvalue weighted by atomic mass is 35.5. The van der Waals surface area contributed by atoms with Gasteiger partial charge in [0.25, 0.3) is 0 Å². The fourth-order valence-corrected chi connectivity index (χ4v) is 1.94. The van der Waals surface area contributed by atoms with Crippen LogP contribution < -0.4 is 5.32 Å². The summed E-state index contributed by atoms with van der Waals surface area (Å²) >= 11 is 0. The molecule has 16 heavy (non-hydrogen) atoms. The third kappa shape index (κ3) is 4.52. The van der Waals surface area contributed by atoms with Crippen LogP contribution in [0.15, 0.2) is 30.3 Å². The average molecular weight is 242 g/mol. The van der Waals surface area contributed by atoms with Crippen molar-refractivity contribution in [3.63, 3.8) is 0 Å². The maximum Gasteiger partial charge on any atom is 0.0711 e. The van der Waals surface area contributed by atoms with Gasteiger partial charge in [0.05, 0.1) is 6.10 Å². The minimum Gasteiger partial charge on any atom is -0.377 e. The second-order valence-electron chi connectivity index (χ2n) is 4.07. The van der Waals surface area contributed by atoms with E-state index in [0.29, 0.717) is 6.10 Å². The van der Waals surface area contributed by atoms with Crippen molar-refractivity contribution in [2.24, 2.45) is 0 Å². The number of ether oxygens (including phenoxy) is 1. The van der Waals surface area contributed by atoms with E-state index >= 15 is 0 Å². The molecule has 1 aromatic carbocycles. The highest BCUT2D eigenvalue weighted by Gasteiger charge is 2.13. The van der Waals surface area contributed by atoms with Crippen molar-refractivity contribution in [2.45, 2.75) is 25.4 Å². The summed E-state index contributed by atoms with van der Waals surface area (Å²) < 4.78 is 5.76. The Kier molecular flexibility index (Phi) is 6.46. The molecular weight excluding hydrogens is 222 g/mol. The summed E-state index contributed by atoms with van der Waals surface area (Å²) in [6, 6.07) is 10.6. The van der Waals surface area contributed by atoms with E-state index in [2.05, 4.69) is 35.6 Å². The number of hydrogen-bond donors (Lipinski definition) is 1. The van der Waals surface area contributed by atoms with Gasteiger partial charge in [-0.3, -0.25) is 0 Å². The van der Waals surface area contributed by atoms with Crippen LogP contribution in [0, 0.1) is 0 Å². The van der Waals surface area contributed by atoms with Crippen molar-refractivity contribution in [2.75, 3.05) is 19.7 Å². The topological polar surface area (TPSA) is 21.3 Å². The SMILES string of the molecule is Cl.c1ccc(CCCOC2CCNC2)cc1. The zero-order chi connectivity index (χ0) is 10.3. The number of halogens is 1. The summed E-state index contributed by atoms with van der Waals surface area (Å²) in [5.74, 6) is 0. The van der Waals surface area contributed by atoms with Crippen LogP contribution in [0.5, 0.6) is 0 Å². The maximum atomic E-state index is 5.76. The van der Waals surface area contributed by atoms with Gasteiger partial charge in [-0.25, -0.2) is 0 Å². The average Bonchev–Trinajstić information content (AvgIpc) is 2.79. The predicted octanol–water partition coefficient (Wildman–Crippen LogP) is 2.42. The lowest BCUT2D eigenvalue weighted by Crippen LogP contribution is -2.17. The van der Waals surface area contributed by atoms with Crippen LogP contribution in [0.2, 0.25) is 0 Å². The van der Waals surface area contributed by atoms with Crippen molar-refractivity contribution in [3.05, 3.63) is 35.9 Å². The van der Waals surface area contributed by atoms with Crippen LogP contribution in [-0.2, 0) is 11.2 Å². The molecule has 1 fully saturated rings. The summed E-state index contributed by atoms with van der Waals surface area (Å²) in [7, 11) is 0. The summed E-state index contributed by atoms with van der Waals surface area (Å²) in [5, 5.41) is 3.31. The van der Waals surface area contributed by atoms with Crippen LogP contribution in [0.4, 0.5) is 0 Å². The first-order chi connectivity index (χ1) is 7.45. The van der Waals surface area contributed by atoms with Gasteiger partial charge in [-0.1, -0.05) is 30.3 Å². The zero-order valence-electron chi connectivity index (χ0n) is 9.52. The van der Waals surface area contributed by atoms with E-state index in [0.717, 1.165) is 32.5 Å². The summed E-state index contributed by atoms with van der Waals surface area (Å²) in [6.45, 7) is 3.04. The molecule has 1 aromatic rings. The molecule has 1 aliphatic rings. The third-order valence-electron chi connectivity index (χ3n) is 2.82. The van der Waals surface area contributed by atoms with Crippen LogP contribution in [-0.4, -0.2) is 25.8 Å². The molecule has 0 bridgehead atoms. The molecule has 0 saturated carbocycles. The first-order valence-electron chi connectivity index (χ1n) is 5.81. The van der Waals surface area contributed by atoms with E-state index in [1.807, 2.05) is 0 Å². The lowest BCUT2D eigenvalue weighted by atomic mass is 10.1. The minimum atomic E-state index is 0. The quantitative estimate of drug-likeness (QED) is 0.800. The first kappa shape index (κ1) is 13.5. The van der Waals surface area contributed by atoms with Crippen molar-refractivity contribution in [1.82, 2.24) is 5.32 Å². The van der Waals surface area contributed by atoms with E-state index in [-0.39, 0.29) is 12.4 Å². The van der Waals surface area contributed by atoms with Crippen LogP contribution >= 0.6 is 12.4 Å². The van der Waals surface area contributed by atoms with E-state index in [4.69, 9.17) is 4.74 Å². The van der Waals surface area contributed by atoms with Crippen LogP contribution in [0.3, 0.4) is 0 Å². The Balaban J connectivity index is 0.00000128. The Hall–Kier alpha value is -0.570. The predicted molar refractivity (Wildman–Crippen MR) is 69.2 cm³/mol. The number of rotatable bonds is 5. The molecule has 0 radical (unpaired) electrons. The lowest BCUT2D eigenvalue weighted by molar-refractivity contribution is 0.0655. The largest absolute Gasteiger partial charge is 0.377 e. The molecule has 1 N–H and O–H groups in total. The summed E-state index contributed by atoms with van der Waals surface area (Å²) in [6.07, 6.45) is 3.88. The Bertz CT molecular complexity index is 273. The molecule has 0 aliphatic carbocycles. The number of aryl methyl sites for hydroxylation is 1. The lowest BCUT2D eigenvalue weighted by Gasteiger charge is -2.09. The van der Waals surface area contributed by atoms with E-state index in [1.165, 1.54) is 12.0 Å². The van der Waals surface area contributed by atoms with E-state index < -0.39 is 0 Å². The number of benzene rings is 1. The maximum absolute atomic E-state index is 5.76.